The maximum absolute atomic E-state index is 5.38. The molecule has 0 aliphatic carbocycles. The first kappa shape index (κ1) is 31.1. The van der Waals surface area contributed by atoms with E-state index in [1.54, 1.807) is 0 Å². The summed E-state index contributed by atoms with van der Waals surface area (Å²) in [5, 5.41) is 9.57. The summed E-state index contributed by atoms with van der Waals surface area (Å²) in [5.74, 6) is 0.676. The molecule has 3 aromatic heterocycles. The van der Waals surface area contributed by atoms with E-state index in [2.05, 4.69) is 187 Å². The first-order chi connectivity index (χ1) is 27.3. The standard InChI is InChI=1S/C51H32N4/c1-2-14-33(15-3-1)49-50(55-29-13-12-24-48(55)54-49)34-25-27-35(28-26-34)51-52-46(44-30-36-16-4-6-18-38(36)40-20-8-10-22-42(40)44)32-47(53-51)45-31-37-17-5-7-19-39(37)41-21-9-11-23-43(41)45/h1-32H. The van der Waals surface area contributed by atoms with Gasteiger partial charge >= 0.3 is 0 Å². The van der Waals surface area contributed by atoms with Crippen molar-refractivity contribution in [2.75, 3.05) is 0 Å². The average molecular weight is 701 g/mol. The number of fused-ring (bicyclic) bond motifs is 7. The minimum Gasteiger partial charge on any atom is -0.299 e. The van der Waals surface area contributed by atoms with Crippen LogP contribution in [-0.4, -0.2) is 19.4 Å². The highest BCUT2D eigenvalue weighted by molar-refractivity contribution is 6.15. The van der Waals surface area contributed by atoms with Crippen LogP contribution in [0.25, 0.3) is 105 Å². The van der Waals surface area contributed by atoms with Gasteiger partial charge in [-0.15, -0.1) is 0 Å². The van der Waals surface area contributed by atoms with Gasteiger partial charge in [-0.2, -0.15) is 0 Å². The lowest BCUT2D eigenvalue weighted by Gasteiger charge is -2.15. The number of imidazole rings is 1. The average Bonchev–Trinajstić information content (AvgIpc) is 3.66. The molecule has 4 heteroatoms. The van der Waals surface area contributed by atoms with E-state index in [9.17, 15) is 0 Å². The van der Waals surface area contributed by atoms with Crippen molar-refractivity contribution in [1.29, 1.82) is 0 Å². The Kier molecular flexibility index (Phi) is 7.14. The maximum Gasteiger partial charge on any atom is 0.160 e. The zero-order valence-electron chi connectivity index (χ0n) is 29.8. The molecule has 0 saturated carbocycles. The molecular weight excluding hydrogens is 669 g/mol. The van der Waals surface area contributed by atoms with Gasteiger partial charge < -0.3 is 0 Å². The lowest BCUT2D eigenvalue weighted by atomic mass is 9.93. The van der Waals surface area contributed by atoms with E-state index in [1.807, 2.05) is 12.1 Å². The second kappa shape index (κ2) is 12.6. The van der Waals surface area contributed by atoms with Crippen LogP contribution in [0.15, 0.2) is 194 Å². The smallest absolute Gasteiger partial charge is 0.160 e. The van der Waals surface area contributed by atoms with E-state index in [0.29, 0.717) is 5.82 Å². The third kappa shape index (κ3) is 5.19. The molecule has 0 amide bonds. The maximum atomic E-state index is 5.38. The molecule has 0 fully saturated rings. The fourth-order valence-electron chi connectivity index (χ4n) is 8.23. The molecule has 0 aliphatic heterocycles. The quantitative estimate of drug-likeness (QED) is 0.168. The van der Waals surface area contributed by atoms with Crippen molar-refractivity contribution in [3.05, 3.63) is 194 Å². The van der Waals surface area contributed by atoms with Gasteiger partial charge in [-0.25, -0.2) is 15.0 Å². The molecule has 0 unspecified atom stereocenters. The number of rotatable bonds is 5. The fraction of sp³-hybridized carbons (Fsp3) is 0. The van der Waals surface area contributed by atoms with Gasteiger partial charge in [0.05, 0.1) is 22.8 Å². The lowest BCUT2D eigenvalue weighted by Crippen LogP contribution is -1.98. The van der Waals surface area contributed by atoms with Gasteiger partial charge in [0.1, 0.15) is 5.65 Å². The van der Waals surface area contributed by atoms with Crippen LogP contribution in [0.3, 0.4) is 0 Å². The van der Waals surface area contributed by atoms with Crippen molar-refractivity contribution in [3.8, 4) is 56.4 Å². The van der Waals surface area contributed by atoms with E-state index in [4.69, 9.17) is 15.0 Å². The third-order valence-electron chi connectivity index (χ3n) is 10.8. The van der Waals surface area contributed by atoms with Crippen LogP contribution in [0.4, 0.5) is 0 Å². The zero-order chi connectivity index (χ0) is 36.3. The monoisotopic (exact) mass is 700 g/mol. The normalized spacial score (nSPS) is 11.6. The molecule has 11 rings (SSSR count). The summed E-state index contributed by atoms with van der Waals surface area (Å²) in [7, 11) is 0. The molecule has 0 radical (unpaired) electrons. The molecule has 0 spiro atoms. The minimum atomic E-state index is 0.676. The second-order valence-corrected chi connectivity index (χ2v) is 14.0. The number of hydrogen-bond acceptors (Lipinski definition) is 3. The minimum absolute atomic E-state index is 0.676. The van der Waals surface area contributed by atoms with Crippen LogP contribution >= 0.6 is 0 Å². The predicted molar refractivity (Wildman–Crippen MR) is 228 cm³/mol. The van der Waals surface area contributed by atoms with Gasteiger partial charge in [-0.3, -0.25) is 4.40 Å². The topological polar surface area (TPSA) is 43.1 Å². The van der Waals surface area contributed by atoms with Crippen LogP contribution in [0.2, 0.25) is 0 Å². The van der Waals surface area contributed by atoms with Crippen molar-refractivity contribution in [1.82, 2.24) is 19.4 Å². The van der Waals surface area contributed by atoms with E-state index < -0.39 is 0 Å². The summed E-state index contributed by atoms with van der Waals surface area (Å²) in [6.45, 7) is 0. The number of benzene rings is 8. The second-order valence-electron chi connectivity index (χ2n) is 14.0. The Morgan fingerprint density at radius 2 is 0.836 bits per heavy atom. The fourth-order valence-corrected chi connectivity index (χ4v) is 8.23. The van der Waals surface area contributed by atoms with Gasteiger partial charge in [0, 0.05) is 34.0 Å². The SMILES string of the molecule is c1ccc(-c2nc3ccccn3c2-c2ccc(-c3nc(-c4cc5ccccc5c5ccccc45)cc(-c4cc5ccccc5c5ccccc45)n3)cc2)cc1. The highest BCUT2D eigenvalue weighted by atomic mass is 15.0. The Bertz CT molecular complexity index is 3120. The largest absolute Gasteiger partial charge is 0.299 e. The Morgan fingerprint density at radius 1 is 0.345 bits per heavy atom. The Hall–Kier alpha value is -7.43. The number of pyridine rings is 1. The van der Waals surface area contributed by atoms with Crippen molar-refractivity contribution in [2.45, 2.75) is 0 Å². The van der Waals surface area contributed by atoms with Gasteiger partial charge in [0.15, 0.2) is 5.82 Å². The van der Waals surface area contributed by atoms with E-state index in [1.165, 1.54) is 32.3 Å². The van der Waals surface area contributed by atoms with E-state index >= 15 is 0 Å². The Balaban J connectivity index is 1.14. The molecule has 55 heavy (non-hydrogen) atoms. The number of hydrogen-bond donors (Lipinski definition) is 0. The summed E-state index contributed by atoms with van der Waals surface area (Å²) in [6.07, 6.45) is 2.08. The highest BCUT2D eigenvalue weighted by Crippen LogP contribution is 2.40. The molecule has 4 nitrogen and oxygen atoms in total. The van der Waals surface area contributed by atoms with Gasteiger partial charge in [-0.1, -0.05) is 158 Å². The molecule has 3 heterocycles. The van der Waals surface area contributed by atoms with Crippen LogP contribution < -0.4 is 0 Å². The lowest BCUT2D eigenvalue weighted by molar-refractivity contribution is 1.18. The molecule has 8 aromatic carbocycles. The van der Waals surface area contributed by atoms with Crippen molar-refractivity contribution in [2.24, 2.45) is 0 Å². The van der Waals surface area contributed by atoms with Gasteiger partial charge in [-0.05, 0) is 73.4 Å². The highest BCUT2D eigenvalue weighted by Gasteiger charge is 2.19. The van der Waals surface area contributed by atoms with Crippen LogP contribution in [0.1, 0.15) is 0 Å². The predicted octanol–water partition coefficient (Wildman–Crippen LogP) is 13.1. The molecule has 11 aromatic rings. The van der Waals surface area contributed by atoms with Crippen LogP contribution in [-0.2, 0) is 0 Å². The molecule has 0 bridgehead atoms. The van der Waals surface area contributed by atoms with Crippen molar-refractivity contribution in [3.63, 3.8) is 0 Å². The number of aromatic nitrogens is 4. The summed E-state index contributed by atoms with van der Waals surface area (Å²) in [4.78, 5) is 15.8. The first-order valence-corrected chi connectivity index (χ1v) is 18.6. The number of nitrogens with zero attached hydrogens (tertiary/aromatic N) is 4. The van der Waals surface area contributed by atoms with Gasteiger partial charge in [0.2, 0.25) is 0 Å². The first-order valence-electron chi connectivity index (χ1n) is 18.6. The van der Waals surface area contributed by atoms with Crippen LogP contribution in [0, 0.1) is 0 Å². The van der Waals surface area contributed by atoms with Crippen LogP contribution in [0.5, 0.6) is 0 Å². The van der Waals surface area contributed by atoms with E-state index in [-0.39, 0.29) is 0 Å². The summed E-state index contributed by atoms with van der Waals surface area (Å²) in [6, 6.07) is 66.4. The molecule has 0 N–H and O–H groups in total. The summed E-state index contributed by atoms with van der Waals surface area (Å²) >= 11 is 0. The van der Waals surface area contributed by atoms with Crippen molar-refractivity contribution >= 4 is 48.7 Å². The third-order valence-corrected chi connectivity index (χ3v) is 10.8. The Morgan fingerprint density at radius 3 is 1.44 bits per heavy atom. The molecule has 256 valence electrons. The molecular formula is C51H32N4. The molecule has 0 aliphatic rings. The summed E-state index contributed by atoms with van der Waals surface area (Å²) < 4.78 is 2.17. The Labute approximate surface area is 317 Å². The molecule has 0 saturated heterocycles. The van der Waals surface area contributed by atoms with Gasteiger partial charge in [0.25, 0.3) is 0 Å². The summed E-state index contributed by atoms with van der Waals surface area (Å²) in [5.41, 5.74) is 9.94. The van der Waals surface area contributed by atoms with Crippen molar-refractivity contribution < 1.29 is 0 Å². The molecule has 0 atom stereocenters. The zero-order valence-corrected chi connectivity index (χ0v) is 29.8. The van der Waals surface area contributed by atoms with E-state index in [0.717, 1.165) is 67.0 Å².